The van der Waals surface area contributed by atoms with Gasteiger partial charge in [0.05, 0.1) is 6.10 Å². The number of phenolic OH excluding ortho intramolecular Hbond substituents is 2. The summed E-state index contributed by atoms with van der Waals surface area (Å²) < 4.78 is 5.59. The lowest BCUT2D eigenvalue weighted by Crippen LogP contribution is -2.27. The van der Waals surface area contributed by atoms with Crippen LogP contribution in [-0.4, -0.2) is 16.3 Å². The van der Waals surface area contributed by atoms with E-state index in [1.807, 2.05) is 6.92 Å². The average molecular weight is 194 g/mol. The Labute approximate surface area is 83.0 Å². The molecule has 1 aliphatic rings. The summed E-state index contributed by atoms with van der Waals surface area (Å²) >= 11 is 0. The predicted octanol–water partition coefficient (Wildman–Crippen LogP) is 2.06. The van der Waals surface area contributed by atoms with Crippen molar-refractivity contribution in [2.24, 2.45) is 5.92 Å². The second-order valence-corrected chi connectivity index (χ2v) is 3.95. The first-order valence-electron chi connectivity index (χ1n) is 4.79. The molecule has 1 aliphatic heterocycles. The predicted molar refractivity (Wildman–Crippen MR) is 52.7 cm³/mol. The zero-order valence-electron chi connectivity index (χ0n) is 8.32. The molecule has 1 heterocycles. The maximum atomic E-state index is 9.60. The van der Waals surface area contributed by atoms with E-state index in [1.54, 1.807) is 6.07 Å². The van der Waals surface area contributed by atoms with E-state index in [9.17, 15) is 10.2 Å². The molecule has 14 heavy (non-hydrogen) atoms. The summed E-state index contributed by atoms with van der Waals surface area (Å²) in [5.41, 5.74) is 0.799. The van der Waals surface area contributed by atoms with Gasteiger partial charge in [-0.1, -0.05) is 6.92 Å². The minimum atomic E-state index is 0.0444. The summed E-state index contributed by atoms with van der Waals surface area (Å²) in [7, 11) is 0. The molecule has 3 nitrogen and oxygen atoms in total. The molecule has 1 aromatic carbocycles. The number of ether oxygens (including phenoxy) is 1. The van der Waals surface area contributed by atoms with Gasteiger partial charge < -0.3 is 14.9 Å². The Balaban J connectivity index is 2.46. The van der Waals surface area contributed by atoms with Gasteiger partial charge >= 0.3 is 0 Å². The normalized spacial score (nSPS) is 25.3. The van der Waals surface area contributed by atoms with E-state index in [0.717, 1.165) is 12.0 Å². The number of aromatic hydroxyl groups is 2. The third-order valence-electron chi connectivity index (χ3n) is 2.81. The van der Waals surface area contributed by atoms with Crippen LogP contribution in [0.5, 0.6) is 17.2 Å². The van der Waals surface area contributed by atoms with Crippen LogP contribution in [0.4, 0.5) is 0 Å². The molecule has 1 aromatic rings. The first-order valence-corrected chi connectivity index (χ1v) is 4.79. The van der Waals surface area contributed by atoms with Gasteiger partial charge in [0.1, 0.15) is 17.2 Å². The summed E-state index contributed by atoms with van der Waals surface area (Å²) in [6, 6.07) is 2.91. The number of benzene rings is 1. The number of rotatable bonds is 0. The summed E-state index contributed by atoms with van der Waals surface area (Å²) in [5.74, 6) is 1.16. The minimum Gasteiger partial charge on any atom is -0.508 e. The first kappa shape index (κ1) is 9.19. The van der Waals surface area contributed by atoms with Crippen LogP contribution in [0, 0.1) is 5.92 Å². The molecular formula is C11H14O3. The molecule has 2 atom stereocenters. The van der Waals surface area contributed by atoms with Gasteiger partial charge in [-0.3, -0.25) is 0 Å². The summed E-state index contributed by atoms with van der Waals surface area (Å²) in [6.07, 6.45) is 0.923. The van der Waals surface area contributed by atoms with Gasteiger partial charge in [-0.2, -0.15) is 0 Å². The summed E-state index contributed by atoms with van der Waals surface area (Å²) in [4.78, 5) is 0. The smallest absolute Gasteiger partial charge is 0.130 e. The second kappa shape index (κ2) is 3.08. The lowest BCUT2D eigenvalue weighted by Gasteiger charge is -2.29. The van der Waals surface area contributed by atoms with Crippen LogP contribution in [0.2, 0.25) is 0 Å². The zero-order valence-corrected chi connectivity index (χ0v) is 8.32. The molecule has 0 fully saturated rings. The standard InChI is InChI=1S/C11H14O3/c1-6-3-9-10(13)4-8(12)5-11(9)14-7(6)2/h4-7,12-13H,3H2,1-2H3. The van der Waals surface area contributed by atoms with E-state index < -0.39 is 0 Å². The molecule has 0 saturated carbocycles. The van der Waals surface area contributed by atoms with Gasteiger partial charge in [-0.05, 0) is 19.3 Å². The van der Waals surface area contributed by atoms with Crippen molar-refractivity contribution in [2.75, 3.05) is 0 Å². The molecule has 0 amide bonds. The fourth-order valence-corrected chi connectivity index (χ4v) is 1.73. The van der Waals surface area contributed by atoms with Gasteiger partial charge in [0.15, 0.2) is 0 Å². The third-order valence-corrected chi connectivity index (χ3v) is 2.81. The van der Waals surface area contributed by atoms with Crippen molar-refractivity contribution in [1.82, 2.24) is 0 Å². The van der Waals surface area contributed by atoms with Gasteiger partial charge in [0, 0.05) is 17.7 Å². The topological polar surface area (TPSA) is 49.7 Å². The van der Waals surface area contributed by atoms with Gasteiger partial charge in [0.2, 0.25) is 0 Å². The van der Waals surface area contributed by atoms with E-state index >= 15 is 0 Å². The van der Waals surface area contributed by atoms with Gasteiger partial charge in [-0.15, -0.1) is 0 Å². The largest absolute Gasteiger partial charge is 0.508 e. The van der Waals surface area contributed by atoms with Crippen molar-refractivity contribution in [1.29, 1.82) is 0 Å². The Bertz CT molecular complexity index is 360. The van der Waals surface area contributed by atoms with Gasteiger partial charge in [0.25, 0.3) is 0 Å². The Morgan fingerprint density at radius 1 is 1.29 bits per heavy atom. The number of phenols is 2. The molecule has 0 spiro atoms. The lowest BCUT2D eigenvalue weighted by molar-refractivity contribution is 0.137. The highest BCUT2D eigenvalue weighted by Crippen LogP contribution is 2.39. The van der Waals surface area contributed by atoms with Crippen LogP contribution in [-0.2, 0) is 6.42 Å². The van der Waals surface area contributed by atoms with Gasteiger partial charge in [-0.25, -0.2) is 0 Å². The highest BCUT2D eigenvalue weighted by Gasteiger charge is 2.25. The van der Waals surface area contributed by atoms with Crippen LogP contribution in [0.1, 0.15) is 19.4 Å². The Morgan fingerprint density at radius 3 is 2.71 bits per heavy atom. The molecular weight excluding hydrogens is 180 g/mol. The highest BCUT2D eigenvalue weighted by molar-refractivity contribution is 5.50. The molecule has 0 aromatic heterocycles. The second-order valence-electron chi connectivity index (χ2n) is 3.95. The number of hydrogen-bond acceptors (Lipinski definition) is 3. The van der Waals surface area contributed by atoms with E-state index in [2.05, 4.69) is 6.92 Å². The zero-order chi connectivity index (χ0) is 10.3. The molecule has 0 saturated heterocycles. The third kappa shape index (κ3) is 1.39. The number of hydrogen-bond donors (Lipinski definition) is 2. The molecule has 2 N–H and O–H groups in total. The van der Waals surface area contributed by atoms with Crippen molar-refractivity contribution < 1.29 is 14.9 Å². The van der Waals surface area contributed by atoms with E-state index in [1.165, 1.54) is 6.07 Å². The molecule has 0 radical (unpaired) electrons. The van der Waals surface area contributed by atoms with Crippen LogP contribution >= 0.6 is 0 Å². The lowest BCUT2D eigenvalue weighted by atomic mass is 9.92. The molecule has 0 bridgehead atoms. The molecule has 2 rings (SSSR count). The van der Waals surface area contributed by atoms with Crippen molar-refractivity contribution in [3.05, 3.63) is 17.7 Å². The minimum absolute atomic E-state index is 0.0444. The maximum Gasteiger partial charge on any atom is 0.130 e. The van der Waals surface area contributed by atoms with Crippen molar-refractivity contribution in [2.45, 2.75) is 26.4 Å². The van der Waals surface area contributed by atoms with Crippen LogP contribution in [0.3, 0.4) is 0 Å². The monoisotopic (exact) mass is 194 g/mol. The highest BCUT2D eigenvalue weighted by atomic mass is 16.5. The quantitative estimate of drug-likeness (QED) is 0.664. The molecule has 76 valence electrons. The van der Waals surface area contributed by atoms with Crippen LogP contribution in [0.25, 0.3) is 0 Å². The van der Waals surface area contributed by atoms with Crippen molar-refractivity contribution in [3.8, 4) is 17.2 Å². The van der Waals surface area contributed by atoms with Crippen LogP contribution < -0.4 is 4.74 Å². The maximum absolute atomic E-state index is 9.60. The van der Waals surface area contributed by atoms with Crippen molar-refractivity contribution >= 4 is 0 Å². The van der Waals surface area contributed by atoms with E-state index in [4.69, 9.17) is 4.74 Å². The fourth-order valence-electron chi connectivity index (χ4n) is 1.73. The fraction of sp³-hybridized carbons (Fsp3) is 0.455. The van der Waals surface area contributed by atoms with Crippen molar-refractivity contribution in [3.63, 3.8) is 0 Å². The number of fused-ring (bicyclic) bond motifs is 1. The van der Waals surface area contributed by atoms with E-state index in [0.29, 0.717) is 11.7 Å². The first-order chi connectivity index (χ1) is 6.58. The summed E-state index contributed by atoms with van der Waals surface area (Å²) in [5, 5.41) is 18.9. The Morgan fingerprint density at radius 2 is 2.00 bits per heavy atom. The molecule has 3 heteroatoms. The Hall–Kier alpha value is -1.38. The SMILES string of the molecule is CC1Cc2c(O)cc(O)cc2OC1C. The van der Waals surface area contributed by atoms with E-state index in [-0.39, 0.29) is 17.6 Å². The van der Waals surface area contributed by atoms with Crippen LogP contribution in [0.15, 0.2) is 12.1 Å². The molecule has 2 unspecified atom stereocenters. The average Bonchev–Trinajstić information content (AvgIpc) is 2.08. The summed E-state index contributed by atoms with van der Waals surface area (Å²) in [6.45, 7) is 4.08. The Kier molecular flexibility index (Phi) is 2.02. The molecule has 0 aliphatic carbocycles.